The first kappa shape index (κ1) is 15.7. The molecule has 3 heteroatoms. The first-order chi connectivity index (χ1) is 8.15. The SMILES string of the molecule is CC.CC(C)/C=C(\C#N)C(=O)N1CCCCC1. The van der Waals surface area contributed by atoms with Crippen molar-refractivity contribution < 1.29 is 4.79 Å². The van der Waals surface area contributed by atoms with Crippen molar-refractivity contribution in [2.45, 2.75) is 47.0 Å². The summed E-state index contributed by atoms with van der Waals surface area (Å²) in [5, 5.41) is 8.91. The van der Waals surface area contributed by atoms with E-state index >= 15 is 0 Å². The van der Waals surface area contributed by atoms with Crippen LogP contribution in [-0.4, -0.2) is 23.9 Å². The van der Waals surface area contributed by atoms with Crippen LogP contribution in [0.15, 0.2) is 11.6 Å². The lowest BCUT2D eigenvalue weighted by Crippen LogP contribution is -2.36. The van der Waals surface area contributed by atoms with Gasteiger partial charge < -0.3 is 4.90 Å². The Labute approximate surface area is 105 Å². The lowest BCUT2D eigenvalue weighted by Gasteiger charge is -2.26. The average Bonchev–Trinajstić information content (AvgIpc) is 2.38. The van der Waals surface area contributed by atoms with Gasteiger partial charge in [0.05, 0.1) is 0 Å². The maximum absolute atomic E-state index is 11.9. The molecule has 1 fully saturated rings. The van der Waals surface area contributed by atoms with E-state index in [2.05, 4.69) is 0 Å². The fraction of sp³-hybridized carbons (Fsp3) is 0.714. The number of rotatable bonds is 2. The molecular formula is C14H24N2O. The molecule has 1 aliphatic heterocycles. The number of carbonyl (C=O) groups is 1. The molecule has 96 valence electrons. The van der Waals surface area contributed by atoms with Gasteiger partial charge in [0.2, 0.25) is 0 Å². The van der Waals surface area contributed by atoms with Crippen LogP contribution in [0.25, 0.3) is 0 Å². The Morgan fingerprint density at radius 2 is 1.76 bits per heavy atom. The monoisotopic (exact) mass is 236 g/mol. The Hall–Kier alpha value is -1.30. The molecular weight excluding hydrogens is 212 g/mol. The average molecular weight is 236 g/mol. The molecule has 1 heterocycles. The van der Waals surface area contributed by atoms with Gasteiger partial charge in [-0.05, 0) is 25.2 Å². The van der Waals surface area contributed by atoms with Gasteiger partial charge >= 0.3 is 0 Å². The minimum atomic E-state index is -0.0918. The Morgan fingerprint density at radius 3 is 2.18 bits per heavy atom. The molecule has 1 aliphatic rings. The molecule has 0 N–H and O–H groups in total. The summed E-state index contributed by atoms with van der Waals surface area (Å²) in [6, 6.07) is 2.00. The van der Waals surface area contributed by atoms with Gasteiger partial charge in [0.15, 0.2) is 0 Å². The summed E-state index contributed by atoms with van der Waals surface area (Å²) in [6.07, 6.45) is 5.06. The maximum atomic E-state index is 11.9. The number of nitrogens with zero attached hydrogens (tertiary/aromatic N) is 2. The first-order valence-electron chi connectivity index (χ1n) is 6.56. The summed E-state index contributed by atoms with van der Waals surface area (Å²) in [5.74, 6) is 0.152. The summed E-state index contributed by atoms with van der Waals surface area (Å²) in [6.45, 7) is 9.55. The highest BCUT2D eigenvalue weighted by molar-refractivity contribution is 5.97. The smallest absolute Gasteiger partial charge is 0.264 e. The largest absolute Gasteiger partial charge is 0.338 e. The van der Waals surface area contributed by atoms with Crippen LogP contribution in [0.5, 0.6) is 0 Å². The molecule has 1 amide bonds. The van der Waals surface area contributed by atoms with Crippen molar-refractivity contribution in [2.75, 3.05) is 13.1 Å². The van der Waals surface area contributed by atoms with Crippen LogP contribution in [0, 0.1) is 17.2 Å². The highest BCUT2D eigenvalue weighted by Gasteiger charge is 2.19. The molecule has 0 atom stereocenters. The van der Waals surface area contributed by atoms with Crippen LogP contribution in [-0.2, 0) is 4.79 Å². The molecule has 0 bridgehead atoms. The molecule has 0 aromatic rings. The van der Waals surface area contributed by atoms with E-state index in [0.29, 0.717) is 5.57 Å². The zero-order valence-corrected chi connectivity index (χ0v) is 11.5. The highest BCUT2D eigenvalue weighted by Crippen LogP contribution is 2.13. The van der Waals surface area contributed by atoms with Gasteiger partial charge in [-0.3, -0.25) is 4.79 Å². The van der Waals surface area contributed by atoms with Gasteiger partial charge in [-0.25, -0.2) is 0 Å². The number of piperidine rings is 1. The van der Waals surface area contributed by atoms with Crippen molar-refractivity contribution in [1.82, 2.24) is 4.90 Å². The van der Waals surface area contributed by atoms with Crippen LogP contribution < -0.4 is 0 Å². The van der Waals surface area contributed by atoms with Crippen LogP contribution >= 0.6 is 0 Å². The second kappa shape index (κ2) is 8.81. The maximum Gasteiger partial charge on any atom is 0.264 e. The predicted octanol–water partition coefficient (Wildman–Crippen LogP) is 3.13. The third-order valence-electron chi connectivity index (χ3n) is 2.49. The van der Waals surface area contributed by atoms with Crippen molar-refractivity contribution in [1.29, 1.82) is 5.26 Å². The van der Waals surface area contributed by atoms with Crippen molar-refractivity contribution in [3.63, 3.8) is 0 Å². The number of hydrogen-bond donors (Lipinski definition) is 0. The second-order valence-electron chi connectivity index (χ2n) is 4.29. The highest BCUT2D eigenvalue weighted by atomic mass is 16.2. The van der Waals surface area contributed by atoms with E-state index in [9.17, 15) is 4.79 Å². The first-order valence-corrected chi connectivity index (χ1v) is 6.56. The fourth-order valence-corrected chi connectivity index (χ4v) is 1.76. The normalized spacial score (nSPS) is 16.0. The molecule has 1 rings (SSSR count). The van der Waals surface area contributed by atoms with Gasteiger partial charge in [0, 0.05) is 13.1 Å². The number of likely N-dealkylation sites (tertiary alicyclic amines) is 1. The summed E-state index contributed by atoms with van der Waals surface area (Å²) in [7, 11) is 0. The third-order valence-corrected chi connectivity index (χ3v) is 2.49. The quantitative estimate of drug-likeness (QED) is 0.546. The number of allylic oxidation sites excluding steroid dienone is 1. The molecule has 0 aliphatic carbocycles. The van der Waals surface area contributed by atoms with Crippen molar-refractivity contribution in [2.24, 2.45) is 5.92 Å². The molecule has 0 unspecified atom stereocenters. The Bertz CT molecular complexity index is 294. The molecule has 3 nitrogen and oxygen atoms in total. The Balaban J connectivity index is 0.00000121. The standard InChI is InChI=1S/C12H18N2O.C2H6/c1-10(2)8-11(9-13)12(15)14-6-4-3-5-7-14;1-2/h8,10H,3-7H2,1-2H3;1-2H3/b11-8+;. The van der Waals surface area contributed by atoms with Crippen LogP contribution in [0.2, 0.25) is 0 Å². The predicted molar refractivity (Wildman–Crippen MR) is 70.3 cm³/mol. The van der Waals surface area contributed by atoms with E-state index in [1.165, 1.54) is 6.42 Å². The van der Waals surface area contributed by atoms with E-state index in [0.717, 1.165) is 25.9 Å². The molecule has 0 saturated carbocycles. The minimum Gasteiger partial charge on any atom is -0.338 e. The summed E-state index contributed by atoms with van der Waals surface area (Å²) in [5.41, 5.74) is 0.298. The van der Waals surface area contributed by atoms with E-state index in [1.54, 1.807) is 11.0 Å². The van der Waals surface area contributed by atoms with Gasteiger partial charge in [-0.2, -0.15) is 5.26 Å². The van der Waals surface area contributed by atoms with Crippen molar-refractivity contribution in [3.05, 3.63) is 11.6 Å². The zero-order valence-electron chi connectivity index (χ0n) is 11.5. The number of carbonyl (C=O) groups excluding carboxylic acids is 1. The van der Waals surface area contributed by atoms with E-state index in [1.807, 2.05) is 33.8 Å². The second-order valence-corrected chi connectivity index (χ2v) is 4.29. The molecule has 17 heavy (non-hydrogen) atoms. The third kappa shape index (κ3) is 5.53. The minimum absolute atomic E-state index is 0.0918. The molecule has 0 aromatic carbocycles. The van der Waals surface area contributed by atoms with E-state index in [4.69, 9.17) is 5.26 Å². The zero-order chi connectivity index (χ0) is 13.3. The van der Waals surface area contributed by atoms with Crippen LogP contribution in [0.3, 0.4) is 0 Å². The summed E-state index contributed by atoms with van der Waals surface area (Å²) in [4.78, 5) is 13.7. The Kier molecular flexibility index (Phi) is 8.13. The molecule has 0 aromatic heterocycles. The molecule has 0 spiro atoms. The van der Waals surface area contributed by atoms with Gasteiger partial charge in [0.25, 0.3) is 5.91 Å². The van der Waals surface area contributed by atoms with E-state index < -0.39 is 0 Å². The van der Waals surface area contributed by atoms with Crippen molar-refractivity contribution >= 4 is 5.91 Å². The fourth-order valence-electron chi connectivity index (χ4n) is 1.76. The molecule has 0 radical (unpaired) electrons. The lowest BCUT2D eigenvalue weighted by molar-refractivity contribution is -0.127. The Morgan fingerprint density at radius 1 is 1.24 bits per heavy atom. The number of amides is 1. The van der Waals surface area contributed by atoms with Gasteiger partial charge in [-0.1, -0.05) is 33.8 Å². The van der Waals surface area contributed by atoms with E-state index in [-0.39, 0.29) is 11.8 Å². The van der Waals surface area contributed by atoms with Crippen molar-refractivity contribution in [3.8, 4) is 6.07 Å². The van der Waals surface area contributed by atoms with Gasteiger partial charge in [-0.15, -0.1) is 0 Å². The lowest BCUT2D eigenvalue weighted by atomic mass is 10.1. The van der Waals surface area contributed by atoms with Crippen LogP contribution in [0.4, 0.5) is 0 Å². The molecule has 1 saturated heterocycles. The van der Waals surface area contributed by atoms with Gasteiger partial charge in [0.1, 0.15) is 11.6 Å². The topological polar surface area (TPSA) is 44.1 Å². The summed E-state index contributed by atoms with van der Waals surface area (Å²) >= 11 is 0. The number of nitriles is 1. The summed E-state index contributed by atoms with van der Waals surface area (Å²) < 4.78 is 0. The number of hydrogen-bond acceptors (Lipinski definition) is 2. The van der Waals surface area contributed by atoms with Crippen LogP contribution in [0.1, 0.15) is 47.0 Å².